The molecule has 0 saturated heterocycles. The van der Waals surface area contributed by atoms with Crippen LogP contribution >= 0.6 is 23.5 Å². The van der Waals surface area contributed by atoms with Crippen molar-refractivity contribution in [3.05, 3.63) is 217 Å². The van der Waals surface area contributed by atoms with E-state index in [-0.39, 0.29) is 10.8 Å². The summed E-state index contributed by atoms with van der Waals surface area (Å²) in [4.78, 5) is 9.97. The van der Waals surface area contributed by atoms with Gasteiger partial charge in [0.05, 0.1) is 22.7 Å². The molecule has 0 spiro atoms. The van der Waals surface area contributed by atoms with E-state index in [0.717, 1.165) is 11.4 Å². The van der Waals surface area contributed by atoms with Gasteiger partial charge in [-0.15, -0.1) is 0 Å². The maximum Gasteiger partial charge on any atom is 0.0601 e. The van der Waals surface area contributed by atoms with Crippen molar-refractivity contribution in [3.63, 3.8) is 0 Å². The number of fused-ring (bicyclic) bond motifs is 9. The number of rotatable bonds is 4. The van der Waals surface area contributed by atoms with Crippen LogP contribution in [0.3, 0.4) is 0 Å². The normalized spacial score (nSPS) is 14.3. The van der Waals surface area contributed by atoms with Gasteiger partial charge in [0.2, 0.25) is 0 Å². The summed E-state index contributed by atoms with van der Waals surface area (Å²) in [5.74, 6) is 0. The van der Waals surface area contributed by atoms with E-state index in [1.807, 2.05) is 23.5 Å². The number of nitrogens with zero attached hydrogens (tertiary/aromatic N) is 2. The molecule has 67 heavy (non-hydrogen) atoms. The smallest absolute Gasteiger partial charge is 0.0601 e. The fourth-order valence-corrected chi connectivity index (χ4v) is 13.2. The van der Waals surface area contributed by atoms with Crippen LogP contribution in [0.2, 0.25) is 0 Å². The van der Waals surface area contributed by atoms with Crippen molar-refractivity contribution in [2.45, 2.75) is 65.0 Å². The lowest BCUT2D eigenvalue weighted by Crippen LogP contribution is -2.15. The lowest BCUT2D eigenvalue weighted by Gasteiger charge is -2.34. The Labute approximate surface area is 401 Å². The van der Waals surface area contributed by atoms with Crippen LogP contribution < -0.4 is 9.80 Å². The highest BCUT2D eigenvalue weighted by Crippen LogP contribution is 2.56. The van der Waals surface area contributed by atoms with Crippen molar-refractivity contribution < 1.29 is 0 Å². The van der Waals surface area contributed by atoms with E-state index in [0.29, 0.717) is 0 Å². The van der Waals surface area contributed by atoms with Crippen molar-refractivity contribution in [1.29, 1.82) is 0 Å². The van der Waals surface area contributed by atoms with E-state index < -0.39 is 0 Å². The van der Waals surface area contributed by atoms with Gasteiger partial charge in [0.15, 0.2) is 0 Å². The first-order valence-corrected chi connectivity index (χ1v) is 25.0. The molecule has 4 heteroatoms. The van der Waals surface area contributed by atoms with Crippen molar-refractivity contribution in [1.82, 2.24) is 0 Å². The average molecular weight is 897 g/mol. The first-order valence-electron chi connectivity index (χ1n) is 23.3. The summed E-state index contributed by atoms with van der Waals surface area (Å²) in [7, 11) is 0. The minimum atomic E-state index is -0.146. The van der Waals surface area contributed by atoms with Gasteiger partial charge in [-0.05, 0) is 156 Å². The Balaban J connectivity index is 1.14. The molecule has 0 radical (unpaired) electrons. The third kappa shape index (κ3) is 6.26. The minimum Gasteiger partial charge on any atom is -0.308 e. The predicted octanol–water partition coefficient (Wildman–Crippen LogP) is 18.8. The molecule has 0 atom stereocenters. The van der Waals surface area contributed by atoms with Gasteiger partial charge < -0.3 is 9.80 Å². The monoisotopic (exact) mass is 896 g/mol. The van der Waals surface area contributed by atoms with Crippen molar-refractivity contribution in [3.8, 4) is 33.4 Å². The summed E-state index contributed by atoms with van der Waals surface area (Å²) in [5.41, 5.74) is 18.7. The molecule has 2 aliphatic heterocycles. The number of benzene rings is 10. The quantitative estimate of drug-likeness (QED) is 0.162. The van der Waals surface area contributed by atoms with Crippen LogP contribution in [0.1, 0.15) is 51.3 Å². The second kappa shape index (κ2) is 15.0. The Morgan fingerprint density at radius 1 is 0.373 bits per heavy atom. The molecule has 0 amide bonds. The fraction of sp³-hybridized carbons (Fsp3) is 0.111. The molecule has 13 rings (SSSR count). The standard InChI is InChI=1S/C63H48N2S2/c1-62(2,3)41-29-26-39(27-30-41)60-46-34-31-43(65-54-20-10-14-24-58(54)67-59-25-15-11-21-55(59)65)38-49(46)61(40-28-33-45-44-16-6-7-17-50(44)63(4,5)51(45)36-40)47-35-32-42(37-48(47)60)64-52-18-8-12-22-56(52)66-57-23-13-9-19-53(57)64/h6-38H,1-5H3. The van der Waals surface area contributed by atoms with Gasteiger partial charge in [0.25, 0.3) is 0 Å². The molecular formula is C63H48N2S2. The number of anilines is 6. The van der Waals surface area contributed by atoms with E-state index in [9.17, 15) is 0 Å². The SMILES string of the molecule is CC(C)(C)c1ccc(-c2c3ccc(N4c5ccccc5Sc5ccccc54)cc3c(-c3ccc4c(c3)C(C)(C)c3ccccc3-4)c3ccc(N4c5ccccc5Sc5ccccc54)cc23)cc1. The summed E-state index contributed by atoms with van der Waals surface area (Å²) in [5, 5.41) is 4.94. The second-order valence-corrected chi connectivity index (χ2v) is 21.9. The number of para-hydroxylation sites is 4. The van der Waals surface area contributed by atoms with E-state index in [1.165, 1.54) is 114 Å². The summed E-state index contributed by atoms with van der Waals surface area (Å²) in [6, 6.07) is 75.5. The maximum absolute atomic E-state index is 2.51. The van der Waals surface area contributed by atoms with Gasteiger partial charge >= 0.3 is 0 Å². The Hall–Kier alpha value is -6.98. The van der Waals surface area contributed by atoms with E-state index in [1.54, 1.807) is 0 Å². The van der Waals surface area contributed by atoms with Crippen LogP contribution in [0.5, 0.6) is 0 Å². The highest BCUT2D eigenvalue weighted by atomic mass is 32.2. The predicted molar refractivity (Wildman–Crippen MR) is 286 cm³/mol. The lowest BCUT2D eigenvalue weighted by atomic mass is 9.80. The minimum absolute atomic E-state index is 0.0297. The second-order valence-electron chi connectivity index (χ2n) is 19.7. The molecule has 0 saturated carbocycles. The first kappa shape index (κ1) is 40.3. The third-order valence-electron chi connectivity index (χ3n) is 14.4. The summed E-state index contributed by atoms with van der Waals surface area (Å²) < 4.78 is 0. The largest absolute Gasteiger partial charge is 0.308 e. The van der Waals surface area contributed by atoms with Gasteiger partial charge in [0, 0.05) is 36.4 Å². The average Bonchev–Trinajstić information content (AvgIpc) is 3.58. The summed E-state index contributed by atoms with van der Waals surface area (Å²) >= 11 is 3.70. The topological polar surface area (TPSA) is 6.48 Å². The van der Waals surface area contributed by atoms with Crippen molar-refractivity contribution >= 4 is 79.2 Å². The number of hydrogen-bond acceptors (Lipinski definition) is 4. The molecule has 2 nitrogen and oxygen atoms in total. The van der Waals surface area contributed by atoms with Crippen LogP contribution in [0.4, 0.5) is 34.1 Å². The van der Waals surface area contributed by atoms with Crippen LogP contribution in [0.15, 0.2) is 220 Å². The Bertz CT molecular complexity index is 3580. The molecule has 2 heterocycles. The maximum atomic E-state index is 2.51. The van der Waals surface area contributed by atoms with E-state index >= 15 is 0 Å². The van der Waals surface area contributed by atoms with Crippen LogP contribution in [-0.2, 0) is 10.8 Å². The van der Waals surface area contributed by atoms with Crippen molar-refractivity contribution in [2.24, 2.45) is 0 Å². The molecule has 0 aromatic heterocycles. The Morgan fingerprint density at radius 3 is 1.28 bits per heavy atom. The van der Waals surface area contributed by atoms with E-state index in [4.69, 9.17) is 0 Å². The zero-order chi connectivity index (χ0) is 45.2. The van der Waals surface area contributed by atoms with Gasteiger partial charge in [0.1, 0.15) is 0 Å². The third-order valence-corrected chi connectivity index (χ3v) is 16.6. The van der Waals surface area contributed by atoms with Crippen LogP contribution in [0.25, 0.3) is 54.9 Å². The fourth-order valence-electron chi connectivity index (χ4n) is 11.1. The molecule has 10 aromatic carbocycles. The highest BCUT2D eigenvalue weighted by Gasteiger charge is 2.36. The van der Waals surface area contributed by atoms with Crippen molar-refractivity contribution in [2.75, 3.05) is 9.80 Å². The molecular weight excluding hydrogens is 849 g/mol. The molecule has 10 aromatic rings. The van der Waals surface area contributed by atoms with Crippen LogP contribution in [0, 0.1) is 0 Å². The first-order chi connectivity index (χ1) is 32.6. The van der Waals surface area contributed by atoms with Crippen LogP contribution in [-0.4, -0.2) is 0 Å². The molecule has 0 bridgehead atoms. The highest BCUT2D eigenvalue weighted by molar-refractivity contribution is 8.00. The Kier molecular flexibility index (Phi) is 9.03. The zero-order valence-corrected chi connectivity index (χ0v) is 39.9. The zero-order valence-electron chi connectivity index (χ0n) is 38.3. The summed E-state index contributed by atoms with van der Waals surface area (Å²) in [6.45, 7) is 11.7. The summed E-state index contributed by atoms with van der Waals surface area (Å²) in [6.07, 6.45) is 0. The van der Waals surface area contributed by atoms with Gasteiger partial charge in [-0.25, -0.2) is 0 Å². The van der Waals surface area contributed by atoms with E-state index in [2.05, 4.69) is 245 Å². The molecule has 0 unspecified atom stereocenters. The molecule has 0 N–H and O–H groups in total. The van der Waals surface area contributed by atoms with Gasteiger partial charge in [-0.3, -0.25) is 0 Å². The Morgan fingerprint density at radius 2 is 0.791 bits per heavy atom. The lowest BCUT2D eigenvalue weighted by molar-refractivity contribution is 0.590. The molecule has 322 valence electrons. The number of hydrogen-bond donors (Lipinski definition) is 0. The van der Waals surface area contributed by atoms with Gasteiger partial charge in [-0.2, -0.15) is 0 Å². The molecule has 0 fully saturated rings. The van der Waals surface area contributed by atoms with Gasteiger partial charge in [-0.1, -0.05) is 179 Å². The molecule has 3 aliphatic rings. The molecule has 1 aliphatic carbocycles.